The number of anilines is 4. The predicted octanol–water partition coefficient (Wildman–Crippen LogP) is 2.20. The van der Waals surface area contributed by atoms with Crippen LogP contribution in [-0.4, -0.2) is 55.1 Å². The first-order chi connectivity index (χ1) is 14.4. The van der Waals surface area contributed by atoms with E-state index in [4.69, 9.17) is 4.74 Å². The van der Waals surface area contributed by atoms with Crippen LogP contribution in [0.4, 0.5) is 22.9 Å². The van der Waals surface area contributed by atoms with Gasteiger partial charge >= 0.3 is 0 Å². The van der Waals surface area contributed by atoms with Crippen molar-refractivity contribution < 1.29 is 13.2 Å². The molecule has 1 fully saturated rings. The minimum atomic E-state index is -3.72. The van der Waals surface area contributed by atoms with Crippen LogP contribution >= 0.6 is 0 Å². The number of H-pyrrole nitrogens is 1. The topological polar surface area (TPSA) is 125 Å². The minimum absolute atomic E-state index is 0.167. The summed E-state index contributed by atoms with van der Waals surface area (Å²) in [7, 11) is -3.72. The lowest BCUT2D eigenvalue weighted by atomic mass is 10.3. The second-order valence-corrected chi connectivity index (χ2v) is 8.59. The number of sulfonamides is 1. The van der Waals surface area contributed by atoms with Crippen molar-refractivity contribution in [3.8, 4) is 0 Å². The summed E-state index contributed by atoms with van der Waals surface area (Å²) in [6.07, 6.45) is 1.73. The number of nitrogens with one attached hydrogen (secondary N) is 3. The molecule has 0 spiro atoms. The van der Waals surface area contributed by atoms with Crippen LogP contribution in [0.15, 0.2) is 41.4 Å². The average Bonchev–Trinajstić information content (AvgIpc) is 3.09. The Labute approximate surface area is 174 Å². The van der Waals surface area contributed by atoms with Gasteiger partial charge in [-0.05, 0) is 38.1 Å². The molecule has 0 amide bonds. The van der Waals surface area contributed by atoms with Gasteiger partial charge in [0.2, 0.25) is 0 Å². The van der Waals surface area contributed by atoms with Gasteiger partial charge in [-0.25, -0.2) is 8.42 Å². The fourth-order valence-corrected chi connectivity index (χ4v) is 4.76. The molecule has 0 aliphatic carbocycles. The fourth-order valence-electron chi connectivity index (χ4n) is 3.32. The van der Waals surface area contributed by atoms with Crippen molar-refractivity contribution in [3.63, 3.8) is 0 Å². The molecule has 158 valence electrons. The van der Waals surface area contributed by atoms with Gasteiger partial charge < -0.3 is 15.0 Å². The summed E-state index contributed by atoms with van der Waals surface area (Å²) in [5.41, 5.74) is 3.12. The molecule has 0 unspecified atom stereocenters. The Kier molecular flexibility index (Phi) is 5.55. The molecule has 3 aromatic rings. The highest BCUT2D eigenvalue weighted by Gasteiger charge is 2.22. The van der Waals surface area contributed by atoms with Crippen molar-refractivity contribution >= 4 is 32.9 Å². The zero-order chi connectivity index (χ0) is 21.1. The van der Waals surface area contributed by atoms with Gasteiger partial charge in [0, 0.05) is 30.5 Å². The van der Waals surface area contributed by atoms with E-state index in [1.165, 1.54) is 0 Å². The predicted molar refractivity (Wildman–Crippen MR) is 114 cm³/mol. The standard InChI is InChI=1S/C19H23N7O3S/c1-13-19(14(2)23-22-13)30(27,28)25-16-5-3-15(4-6-16)21-18-11-17(12-20-24-18)26-7-9-29-10-8-26/h3-6,11-12,25H,7-10H2,1-2H3,(H,21,24)(H,22,23). The molecule has 0 atom stereocenters. The highest BCUT2D eigenvalue weighted by atomic mass is 32.2. The van der Waals surface area contributed by atoms with E-state index in [1.54, 1.807) is 44.3 Å². The van der Waals surface area contributed by atoms with E-state index < -0.39 is 10.0 Å². The van der Waals surface area contributed by atoms with Crippen molar-refractivity contribution in [2.75, 3.05) is 41.2 Å². The average molecular weight is 430 g/mol. The third-order valence-electron chi connectivity index (χ3n) is 4.76. The molecule has 3 N–H and O–H groups in total. The maximum atomic E-state index is 12.6. The Balaban J connectivity index is 1.45. The summed E-state index contributed by atoms with van der Waals surface area (Å²) in [5.74, 6) is 0.608. The van der Waals surface area contributed by atoms with Crippen LogP contribution in [0.3, 0.4) is 0 Å². The van der Waals surface area contributed by atoms with Crippen LogP contribution in [0.2, 0.25) is 0 Å². The Morgan fingerprint density at radius 3 is 2.47 bits per heavy atom. The smallest absolute Gasteiger partial charge is 0.265 e. The summed E-state index contributed by atoms with van der Waals surface area (Å²) in [6, 6.07) is 8.85. The molecule has 3 heterocycles. The summed E-state index contributed by atoms with van der Waals surface area (Å²) in [5, 5.41) is 18.0. The lowest BCUT2D eigenvalue weighted by Crippen LogP contribution is -2.36. The van der Waals surface area contributed by atoms with E-state index in [0.29, 0.717) is 36.1 Å². The molecular weight excluding hydrogens is 406 g/mol. The maximum absolute atomic E-state index is 12.6. The molecule has 1 saturated heterocycles. The van der Waals surface area contributed by atoms with E-state index in [0.717, 1.165) is 24.5 Å². The molecular formula is C19H23N7O3S. The zero-order valence-electron chi connectivity index (χ0n) is 16.7. The van der Waals surface area contributed by atoms with Crippen molar-refractivity contribution in [1.82, 2.24) is 20.4 Å². The third kappa shape index (κ3) is 4.36. The number of hydrogen-bond donors (Lipinski definition) is 3. The number of nitrogens with zero attached hydrogens (tertiary/aromatic N) is 4. The normalized spacial score (nSPS) is 14.5. The second kappa shape index (κ2) is 8.28. The monoisotopic (exact) mass is 429 g/mol. The van der Waals surface area contributed by atoms with Crippen molar-refractivity contribution in [3.05, 3.63) is 47.9 Å². The summed E-state index contributed by atoms with van der Waals surface area (Å²) >= 11 is 0. The summed E-state index contributed by atoms with van der Waals surface area (Å²) < 4.78 is 33.3. The first-order valence-electron chi connectivity index (χ1n) is 9.49. The number of morpholine rings is 1. The molecule has 10 nitrogen and oxygen atoms in total. The van der Waals surface area contributed by atoms with E-state index in [9.17, 15) is 8.42 Å². The summed E-state index contributed by atoms with van der Waals surface area (Å²) in [6.45, 7) is 6.34. The molecule has 0 bridgehead atoms. The Morgan fingerprint density at radius 1 is 1.10 bits per heavy atom. The second-order valence-electron chi connectivity index (χ2n) is 6.97. The quantitative estimate of drug-likeness (QED) is 0.545. The molecule has 1 aliphatic rings. The van der Waals surface area contributed by atoms with E-state index in [-0.39, 0.29) is 4.90 Å². The van der Waals surface area contributed by atoms with Crippen molar-refractivity contribution in [2.24, 2.45) is 0 Å². The number of hydrogen-bond acceptors (Lipinski definition) is 8. The molecule has 11 heteroatoms. The first-order valence-corrected chi connectivity index (χ1v) is 11.0. The van der Waals surface area contributed by atoms with E-state index >= 15 is 0 Å². The largest absolute Gasteiger partial charge is 0.378 e. The van der Waals surface area contributed by atoms with Crippen molar-refractivity contribution in [1.29, 1.82) is 0 Å². The SMILES string of the molecule is Cc1n[nH]c(C)c1S(=O)(=O)Nc1ccc(Nc2cc(N3CCOCC3)cnn2)cc1. The Hall–Kier alpha value is -3.18. The van der Waals surface area contributed by atoms with Crippen LogP contribution in [-0.2, 0) is 14.8 Å². The maximum Gasteiger partial charge on any atom is 0.265 e. The van der Waals surface area contributed by atoms with E-state index in [2.05, 4.69) is 35.3 Å². The first kappa shape index (κ1) is 20.1. The zero-order valence-corrected chi connectivity index (χ0v) is 17.5. The number of benzene rings is 1. The third-order valence-corrected chi connectivity index (χ3v) is 6.40. The lowest BCUT2D eigenvalue weighted by molar-refractivity contribution is 0.122. The van der Waals surface area contributed by atoms with Gasteiger partial charge in [-0.2, -0.15) is 10.2 Å². The van der Waals surface area contributed by atoms with Crippen LogP contribution in [0, 0.1) is 13.8 Å². The number of aromatic nitrogens is 4. The molecule has 30 heavy (non-hydrogen) atoms. The van der Waals surface area contributed by atoms with Crippen molar-refractivity contribution in [2.45, 2.75) is 18.7 Å². The fraction of sp³-hybridized carbons (Fsp3) is 0.316. The van der Waals surface area contributed by atoms with Crippen LogP contribution < -0.4 is 14.9 Å². The van der Waals surface area contributed by atoms with Gasteiger partial charge in [0.1, 0.15) is 4.90 Å². The van der Waals surface area contributed by atoms with Gasteiger partial charge in [0.15, 0.2) is 5.82 Å². The Bertz CT molecular complexity index is 1100. The Morgan fingerprint density at radius 2 is 1.80 bits per heavy atom. The minimum Gasteiger partial charge on any atom is -0.378 e. The van der Waals surface area contributed by atoms with Crippen LogP contribution in [0.25, 0.3) is 0 Å². The molecule has 4 rings (SSSR count). The lowest BCUT2D eigenvalue weighted by Gasteiger charge is -2.28. The molecule has 1 aromatic carbocycles. The van der Waals surface area contributed by atoms with Crippen LogP contribution in [0.1, 0.15) is 11.4 Å². The van der Waals surface area contributed by atoms with Crippen LogP contribution in [0.5, 0.6) is 0 Å². The molecule has 0 radical (unpaired) electrons. The van der Waals surface area contributed by atoms with Gasteiger partial charge in [0.25, 0.3) is 10.0 Å². The molecule has 0 saturated carbocycles. The van der Waals surface area contributed by atoms with Gasteiger partial charge in [-0.1, -0.05) is 0 Å². The number of rotatable bonds is 6. The van der Waals surface area contributed by atoms with Gasteiger partial charge in [-0.15, -0.1) is 5.10 Å². The molecule has 1 aliphatic heterocycles. The molecule has 2 aromatic heterocycles. The number of aromatic amines is 1. The highest BCUT2D eigenvalue weighted by molar-refractivity contribution is 7.92. The number of aryl methyl sites for hydroxylation is 2. The van der Waals surface area contributed by atoms with E-state index in [1.807, 2.05) is 6.07 Å². The van der Waals surface area contributed by atoms with Gasteiger partial charge in [0.05, 0.1) is 36.5 Å². The number of ether oxygens (including phenoxy) is 1. The highest BCUT2D eigenvalue weighted by Crippen LogP contribution is 2.24. The summed E-state index contributed by atoms with van der Waals surface area (Å²) in [4.78, 5) is 2.36. The van der Waals surface area contributed by atoms with Gasteiger partial charge in [-0.3, -0.25) is 9.82 Å².